The van der Waals surface area contributed by atoms with Gasteiger partial charge in [0.2, 0.25) is 11.8 Å². The normalized spacial score (nSPS) is 16.4. The first kappa shape index (κ1) is 23.0. The number of para-hydroxylation sites is 3. The van der Waals surface area contributed by atoms with Gasteiger partial charge in [0.05, 0.1) is 11.0 Å². The van der Waals surface area contributed by atoms with E-state index in [1.165, 1.54) is 5.56 Å². The summed E-state index contributed by atoms with van der Waals surface area (Å²) in [5.74, 6) is 0.940. The largest absolute Gasteiger partial charge is 0.336 e. The molecule has 2 heterocycles. The molecule has 0 aliphatic carbocycles. The predicted molar refractivity (Wildman–Crippen MR) is 132 cm³/mol. The van der Waals surface area contributed by atoms with Crippen molar-refractivity contribution in [2.24, 2.45) is 0 Å². The van der Waals surface area contributed by atoms with Gasteiger partial charge in [-0.15, -0.1) is 0 Å². The number of hydrogen-bond acceptors (Lipinski definition) is 3. The van der Waals surface area contributed by atoms with E-state index in [1.54, 1.807) is 0 Å². The van der Waals surface area contributed by atoms with E-state index in [0.29, 0.717) is 13.0 Å². The molecule has 6 heteroatoms. The summed E-state index contributed by atoms with van der Waals surface area (Å²) in [6, 6.07) is 16.2. The van der Waals surface area contributed by atoms with Gasteiger partial charge in [0.15, 0.2) is 0 Å². The number of fused-ring (bicyclic) bond motifs is 1. The van der Waals surface area contributed by atoms with E-state index in [9.17, 15) is 9.59 Å². The Hall–Kier alpha value is -3.15. The molecule has 1 aromatic heterocycles. The van der Waals surface area contributed by atoms with Crippen LogP contribution in [0.15, 0.2) is 48.5 Å². The van der Waals surface area contributed by atoms with Crippen LogP contribution in [0.1, 0.15) is 58.3 Å². The van der Waals surface area contributed by atoms with Gasteiger partial charge in [-0.3, -0.25) is 9.59 Å². The van der Waals surface area contributed by atoms with Crippen molar-refractivity contribution in [2.75, 3.05) is 11.4 Å². The van der Waals surface area contributed by atoms with Gasteiger partial charge in [0.1, 0.15) is 12.4 Å². The Kier molecular flexibility index (Phi) is 6.54. The van der Waals surface area contributed by atoms with Crippen LogP contribution in [0.5, 0.6) is 0 Å². The van der Waals surface area contributed by atoms with Crippen molar-refractivity contribution in [1.29, 1.82) is 0 Å². The van der Waals surface area contributed by atoms with Crippen molar-refractivity contribution in [3.63, 3.8) is 0 Å². The van der Waals surface area contributed by atoms with Gasteiger partial charge in [-0.25, -0.2) is 4.98 Å². The van der Waals surface area contributed by atoms with E-state index in [2.05, 4.69) is 13.0 Å². The lowest BCUT2D eigenvalue weighted by molar-refractivity contribution is -0.135. The summed E-state index contributed by atoms with van der Waals surface area (Å²) in [6.45, 7) is 11.1. The minimum atomic E-state index is -0.0610. The molecule has 1 atom stereocenters. The zero-order valence-corrected chi connectivity index (χ0v) is 20.3. The zero-order chi connectivity index (χ0) is 23.7. The third-order valence-corrected chi connectivity index (χ3v) is 6.53. The summed E-state index contributed by atoms with van der Waals surface area (Å²) in [5, 5.41) is 0. The number of aryl methyl sites for hydroxylation is 1. The molecule has 1 saturated heterocycles. The number of imidazole rings is 1. The highest BCUT2D eigenvalue weighted by atomic mass is 16.2. The number of carbonyl (C=O) groups excluding carboxylic acids is 2. The van der Waals surface area contributed by atoms with Crippen molar-refractivity contribution >= 4 is 28.5 Å². The van der Waals surface area contributed by atoms with E-state index >= 15 is 0 Å². The lowest BCUT2D eigenvalue weighted by atomic mass is 10.1. The van der Waals surface area contributed by atoms with Gasteiger partial charge < -0.3 is 14.4 Å². The van der Waals surface area contributed by atoms with E-state index in [-0.39, 0.29) is 36.4 Å². The summed E-state index contributed by atoms with van der Waals surface area (Å²) in [4.78, 5) is 35.1. The summed E-state index contributed by atoms with van der Waals surface area (Å²) in [6.07, 6.45) is 1.27. The number of rotatable bonds is 7. The van der Waals surface area contributed by atoms with Crippen molar-refractivity contribution in [3.05, 3.63) is 59.9 Å². The van der Waals surface area contributed by atoms with Crippen LogP contribution in [-0.4, -0.2) is 44.9 Å². The minimum Gasteiger partial charge on any atom is -0.336 e. The van der Waals surface area contributed by atoms with Gasteiger partial charge in [-0.05, 0) is 57.9 Å². The van der Waals surface area contributed by atoms with Crippen LogP contribution >= 0.6 is 0 Å². The van der Waals surface area contributed by atoms with E-state index < -0.39 is 0 Å². The van der Waals surface area contributed by atoms with Crippen LogP contribution < -0.4 is 4.90 Å². The predicted octanol–water partition coefficient (Wildman–Crippen LogP) is 4.76. The maximum Gasteiger partial charge on any atom is 0.243 e. The number of nitrogens with zero attached hydrogens (tertiary/aromatic N) is 4. The molecule has 0 N–H and O–H groups in total. The SMILES string of the molecule is CCc1ccccc1N1CC(c2nc3ccccc3n2CC(=O)N(C(C)C)C(C)C)CC1=O. The van der Waals surface area contributed by atoms with E-state index in [0.717, 1.165) is 29.0 Å². The second-order valence-electron chi connectivity index (χ2n) is 9.42. The zero-order valence-electron chi connectivity index (χ0n) is 20.3. The Balaban J connectivity index is 1.70. The minimum absolute atomic E-state index is 0.0610. The molecule has 2 aromatic carbocycles. The number of anilines is 1. The summed E-state index contributed by atoms with van der Waals surface area (Å²) >= 11 is 0. The van der Waals surface area contributed by atoms with Crippen LogP contribution in [0.2, 0.25) is 0 Å². The molecule has 174 valence electrons. The molecule has 1 aliphatic rings. The van der Waals surface area contributed by atoms with Crippen LogP contribution in [-0.2, 0) is 22.6 Å². The fraction of sp³-hybridized carbons (Fsp3) is 0.444. The third-order valence-electron chi connectivity index (χ3n) is 6.53. The van der Waals surface area contributed by atoms with Gasteiger partial charge in [0.25, 0.3) is 0 Å². The molecule has 0 saturated carbocycles. The second-order valence-corrected chi connectivity index (χ2v) is 9.42. The lowest BCUT2D eigenvalue weighted by Crippen LogP contribution is -2.44. The Morgan fingerprint density at radius 2 is 1.73 bits per heavy atom. The molecule has 33 heavy (non-hydrogen) atoms. The lowest BCUT2D eigenvalue weighted by Gasteiger charge is -2.31. The molecule has 0 spiro atoms. The highest BCUT2D eigenvalue weighted by Gasteiger charge is 2.36. The number of carbonyl (C=O) groups is 2. The van der Waals surface area contributed by atoms with Crippen LogP contribution in [0.25, 0.3) is 11.0 Å². The first-order valence-corrected chi connectivity index (χ1v) is 12.0. The van der Waals surface area contributed by atoms with Gasteiger partial charge >= 0.3 is 0 Å². The van der Waals surface area contributed by atoms with E-state index in [4.69, 9.17) is 4.98 Å². The monoisotopic (exact) mass is 446 g/mol. The molecule has 0 bridgehead atoms. The Labute approximate surface area is 196 Å². The summed E-state index contributed by atoms with van der Waals surface area (Å²) in [7, 11) is 0. The molecule has 4 rings (SSSR count). The summed E-state index contributed by atoms with van der Waals surface area (Å²) in [5.41, 5.74) is 3.95. The van der Waals surface area contributed by atoms with Crippen LogP contribution in [0, 0.1) is 0 Å². The Morgan fingerprint density at radius 1 is 1.06 bits per heavy atom. The molecule has 1 fully saturated rings. The maximum absolute atomic E-state index is 13.3. The fourth-order valence-electron chi connectivity index (χ4n) is 5.15. The van der Waals surface area contributed by atoms with Crippen molar-refractivity contribution in [1.82, 2.24) is 14.5 Å². The average molecular weight is 447 g/mol. The second kappa shape index (κ2) is 9.38. The van der Waals surface area contributed by atoms with Gasteiger partial charge in [-0.1, -0.05) is 37.3 Å². The molecule has 1 aliphatic heterocycles. The first-order chi connectivity index (χ1) is 15.8. The quantitative estimate of drug-likeness (QED) is 0.526. The molecule has 6 nitrogen and oxygen atoms in total. The molecule has 3 aromatic rings. The molecule has 2 amide bonds. The number of benzene rings is 2. The average Bonchev–Trinajstić information content (AvgIpc) is 3.33. The summed E-state index contributed by atoms with van der Waals surface area (Å²) < 4.78 is 2.03. The standard InChI is InChI=1S/C27H34N4O2/c1-6-20-11-7-9-13-23(20)29-16-21(15-25(29)32)27-28-22-12-8-10-14-24(22)30(27)17-26(33)31(18(2)3)19(4)5/h7-14,18-19,21H,6,15-17H2,1-5H3. The highest BCUT2D eigenvalue weighted by Crippen LogP contribution is 2.34. The van der Waals surface area contributed by atoms with Crippen LogP contribution in [0.4, 0.5) is 5.69 Å². The van der Waals surface area contributed by atoms with Crippen molar-refractivity contribution < 1.29 is 9.59 Å². The Morgan fingerprint density at radius 3 is 2.42 bits per heavy atom. The number of hydrogen-bond donors (Lipinski definition) is 0. The number of amides is 2. The van der Waals surface area contributed by atoms with Crippen LogP contribution in [0.3, 0.4) is 0 Å². The highest BCUT2D eigenvalue weighted by molar-refractivity contribution is 5.97. The third kappa shape index (κ3) is 4.39. The Bertz CT molecular complexity index is 1160. The smallest absolute Gasteiger partial charge is 0.243 e. The molecular formula is C27H34N4O2. The molecule has 0 radical (unpaired) electrons. The van der Waals surface area contributed by atoms with Gasteiger partial charge in [0, 0.05) is 36.7 Å². The van der Waals surface area contributed by atoms with E-state index in [1.807, 2.05) is 84.5 Å². The maximum atomic E-state index is 13.3. The molecule has 1 unspecified atom stereocenters. The first-order valence-electron chi connectivity index (χ1n) is 12.0. The van der Waals surface area contributed by atoms with Gasteiger partial charge in [-0.2, -0.15) is 0 Å². The van der Waals surface area contributed by atoms with Crippen molar-refractivity contribution in [3.8, 4) is 0 Å². The number of aromatic nitrogens is 2. The molecular weight excluding hydrogens is 412 g/mol. The fourth-order valence-corrected chi connectivity index (χ4v) is 5.15. The van der Waals surface area contributed by atoms with Crippen molar-refractivity contribution in [2.45, 2.75) is 72.0 Å². The topological polar surface area (TPSA) is 58.4 Å².